The van der Waals surface area contributed by atoms with Crippen LogP contribution in [0.15, 0.2) is 36.1 Å². The number of rotatable bonds is 1. The number of allylic oxidation sites excluding steroid dienone is 1. The molecule has 0 amide bonds. The molecule has 0 aromatic heterocycles. The lowest BCUT2D eigenvalue weighted by Crippen LogP contribution is -2.48. The van der Waals surface area contributed by atoms with Gasteiger partial charge in [0.25, 0.3) is 0 Å². The van der Waals surface area contributed by atoms with Crippen molar-refractivity contribution in [2.45, 2.75) is 18.3 Å². The Morgan fingerprint density at radius 2 is 1.80 bits per heavy atom. The fraction of sp³-hybridized carbons (Fsp3) is 0.231. The van der Waals surface area contributed by atoms with Crippen molar-refractivity contribution >= 4 is 5.57 Å². The fourth-order valence-electron chi connectivity index (χ4n) is 2.06. The molecule has 0 fully saturated rings. The third kappa shape index (κ3) is 2.63. The van der Waals surface area contributed by atoms with Gasteiger partial charge < -0.3 is 21.7 Å². The molecule has 0 atom stereocenters. The summed E-state index contributed by atoms with van der Waals surface area (Å²) in [6.07, 6.45) is -2.28. The summed E-state index contributed by atoms with van der Waals surface area (Å²) in [7, 11) is 0. The first-order valence-corrected chi connectivity index (χ1v) is 5.71. The summed E-state index contributed by atoms with van der Waals surface area (Å²) in [4.78, 5) is 0. The van der Waals surface area contributed by atoms with E-state index in [4.69, 9.17) is 11.5 Å². The highest BCUT2D eigenvalue weighted by Crippen LogP contribution is 2.42. The minimum Gasteiger partial charge on any atom is -0.508 e. The maximum absolute atomic E-state index is 13.0. The number of hydrogen-bond acceptors (Lipinski definition) is 4. The number of halogens is 3. The van der Waals surface area contributed by atoms with E-state index in [-0.39, 0.29) is 12.0 Å². The lowest BCUT2D eigenvalue weighted by atomic mass is 9.89. The first-order valence-electron chi connectivity index (χ1n) is 5.71. The second-order valence-electron chi connectivity index (χ2n) is 4.66. The summed E-state index contributed by atoms with van der Waals surface area (Å²) in [6.45, 7) is 0. The number of benzene rings is 1. The van der Waals surface area contributed by atoms with Gasteiger partial charge in [-0.15, -0.1) is 0 Å². The molecule has 4 nitrogen and oxygen atoms in total. The van der Waals surface area contributed by atoms with Crippen LogP contribution in [-0.2, 0) is 6.18 Å². The Morgan fingerprint density at radius 1 is 1.15 bits per heavy atom. The van der Waals surface area contributed by atoms with Gasteiger partial charge in [0, 0.05) is 17.6 Å². The van der Waals surface area contributed by atoms with Crippen molar-refractivity contribution in [3.63, 3.8) is 0 Å². The summed E-state index contributed by atoms with van der Waals surface area (Å²) in [5.74, 6) is -1.07. The van der Waals surface area contributed by atoms with Crippen molar-refractivity contribution in [1.29, 1.82) is 0 Å². The summed E-state index contributed by atoms with van der Waals surface area (Å²) < 4.78 is 38.9. The van der Waals surface area contributed by atoms with E-state index in [2.05, 4.69) is 0 Å². The Kier molecular flexibility index (Phi) is 3.27. The van der Waals surface area contributed by atoms with Gasteiger partial charge in [-0.25, -0.2) is 0 Å². The van der Waals surface area contributed by atoms with Gasteiger partial charge >= 0.3 is 6.18 Å². The lowest BCUT2D eigenvalue weighted by molar-refractivity contribution is -0.137. The second-order valence-corrected chi connectivity index (χ2v) is 4.66. The van der Waals surface area contributed by atoms with Crippen molar-refractivity contribution in [1.82, 2.24) is 0 Å². The molecule has 1 aliphatic carbocycles. The number of phenols is 1. The van der Waals surface area contributed by atoms with Gasteiger partial charge in [-0.3, -0.25) is 0 Å². The highest BCUT2D eigenvalue weighted by molar-refractivity contribution is 5.83. The van der Waals surface area contributed by atoms with Crippen LogP contribution in [0.1, 0.15) is 17.5 Å². The average molecular weight is 286 g/mol. The smallest absolute Gasteiger partial charge is 0.417 e. The number of nitrogens with two attached hydrogens (primary N) is 2. The minimum absolute atomic E-state index is 0.0397. The van der Waals surface area contributed by atoms with Crippen molar-refractivity contribution in [3.05, 3.63) is 47.2 Å². The Labute approximate surface area is 112 Å². The molecule has 0 saturated heterocycles. The molecule has 20 heavy (non-hydrogen) atoms. The largest absolute Gasteiger partial charge is 0.508 e. The van der Waals surface area contributed by atoms with Crippen LogP contribution in [-0.4, -0.2) is 15.9 Å². The normalized spacial score (nSPS) is 18.4. The molecule has 1 aromatic rings. The lowest BCUT2D eigenvalue weighted by Gasteiger charge is -2.26. The zero-order valence-corrected chi connectivity index (χ0v) is 10.3. The van der Waals surface area contributed by atoms with E-state index in [9.17, 15) is 23.4 Å². The summed E-state index contributed by atoms with van der Waals surface area (Å²) in [5.41, 5.74) is 8.19. The van der Waals surface area contributed by atoms with E-state index in [0.29, 0.717) is 0 Å². The molecule has 7 heteroatoms. The van der Waals surface area contributed by atoms with Crippen LogP contribution in [0.25, 0.3) is 5.57 Å². The van der Waals surface area contributed by atoms with E-state index >= 15 is 0 Å². The van der Waals surface area contributed by atoms with Gasteiger partial charge in [-0.1, -0.05) is 12.1 Å². The molecule has 108 valence electrons. The van der Waals surface area contributed by atoms with Crippen LogP contribution in [0.3, 0.4) is 0 Å². The fourth-order valence-corrected chi connectivity index (χ4v) is 2.06. The number of aliphatic hydroxyl groups is 1. The maximum atomic E-state index is 13.0. The van der Waals surface area contributed by atoms with Crippen molar-refractivity contribution in [3.8, 4) is 5.75 Å². The molecular weight excluding hydrogens is 273 g/mol. The third-order valence-corrected chi connectivity index (χ3v) is 2.96. The molecule has 6 N–H and O–H groups in total. The SMILES string of the molecule is NC1(N)C=C(O)C(c2c(O)cccc2C(F)(F)F)=CC1. The summed E-state index contributed by atoms with van der Waals surface area (Å²) in [5, 5.41) is 19.5. The van der Waals surface area contributed by atoms with Crippen LogP contribution >= 0.6 is 0 Å². The van der Waals surface area contributed by atoms with Crippen LogP contribution in [0.2, 0.25) is 0 Å². The number of phenolic OH excluding ortho intramolecular Hbond substituents is 1. The van der Waals surface area contributed by atoms with Crippen LogP contribution < -0.4 is 11.5 Å². The van der Waals surface area contributed by atoms with Crippen LogP contribution in [0, 0.1) is 0 Å². The highest BCUT2D eigenvalue weighted by atomic mass is 19.4. The third-order valence-electron chi connectivity index (χ3n) is 2.96. The van der Waals surface area contributed by atoms with Gasteiger partial charge in [0.2, 0.25) is 0 Å². The molecule has 0 unspecified atom stereocenters. The standard InChI is InChI=1S/C13H13F3N2O2/c14-13(15,16)8-2-1-3-9(19)11(8)7-4-5-12(17,18)6-10(7)20/h1-4,6,19-20H,5,17-18H2. The van der Waals surface area contributed by atoms with Gasteiger partial charge in [0.15, 0.2) is 0 Å². The molecule has 0 saturated carbocycles. The maximum Gasteiger partial charge on any atom is 0.417 e. The molecule has 1 aliphatic rings. The predicted octanol–water partition coefficient (Wildman–Crippen LogP) is 2.25. The van der Waals surface area contributed by atoms with E-state index in [0.717, 1.165) is 24.3 Å². The van der Waals surface area contributed by atoms with Gasteiger partial charge in [-0.2, -0.15) is 13.2 Å². The van der Waals surface area contributed by atoms with Crippen LogP contribution in [0.4, 0.5) is 13.2 Å². The van der Waals surface area contributed by atoms with E-state index < -0.39 is 34.5 Å². The second kappa shape index (κ2) is 4.53. The summed E-state index contributed by atoms with van der Waals surface area (Å²) >= 11 is 0. The number of alkyl halides is 3. The highest BCUT2D eigenvalue weighted by Gasteiger charge is 2.37. The predicted molar refractivity (Wildman–Crippen MR) is 67.5 cm³/mol. The molecule has 2 rings (SSSR count). The number of hydrogen-bond donors (Lipinski definition) is 4. The number of aliphatic hydroxyl groups excluding tert-OH is 1. The molecule has 0 bridgehead atoms. The number of aromatic hydroxyl groups is 1. The average Bonchev–Trinajstić information content (AvgIpc) is 2.27. The summed E-state index contributed by atoms with van der Waals surface area (Å²) in [6, 6.07) is 3.03. The van der Waals surface area contributed by atoms with Crippen molar-refractivity contribution in [2.24, 2.45) is 11.5 Å². The Morgan fingerprint density at radius 3 is 2.35 bits per heavy atom. The van der Waals surface area contributed by atoms with Crippen molar-refractivity contribution < 1.29 is 23.4 Å². The van der Waals surface area contributed by atoms with Gasteiger partial charge in [-0.05, 0) is 18.2 Å². The van der Waals surface area contributed by atoms with Gasteiger partial charge in [0.05, 0.1) is 11.2 Å². The van der Waals surface area contributed by atoms with Crippen molar-refractivity contribution in [2.75, 3.05) is 0 Å². The zero-order valence-electron chi connectivity index (χ0n) is 10.3. The zero-order chi connectivity index (χ0) is 15.1. The van der Waals surface area contributed by atoms with E-state index in [1.807, 2.05) is 0 Å². The Bertz CT molecular complexity index is 604. The van der Waals surface area contributed by atoms with E-state index in [1.54, 1.807) is 0 Å². The molecular formula is C13H13F3N2O2. The monoisotopic (exact) mass is 286 g/mol. The Hall–Kier alpha value is -1.99. The Balaban J connectivity index is 2.61. The molecule has 0 heterocycles. The molecule has 1 aromatic carbocycles. The van der Waals surface area contributed by atoms with Crippen LogP contribution in [0.5, 0.6) is 5.75 Å². The van der Waals surface area contributed by atoms with E-state index in [1.165, 1.54) is 6.08 Å². The first kappa shape index (κ1) is 14.4. The molecule has 0 radical (unpaired) electrons. The minimum atomic E-state index is -4.66. The molecule has 0 aliphatic heterocycles. The topological polar surface area (TPSA) is 92.5 Å². The first-order chi connectivity index (χ1) is 9.12. The van der Waals surface area contributed by atoms with Gasteiger partial charge in [0.1, 0.15) is 11.5 Å². The quantitative estimate of drug-likeness (QED) is 0.596. The molecule has 0 spiro atoms.